The Morgan fingerprint density at radius 1 is 1.12 bits per heavy atom. The molecule has 4 atom stereocenters. The number of amides is 3. The van der Waals surface area contributed by atoms with E-state index in [-0.39, 0.29) is 30.2 Å². The highest BCUT2D eigenvalue weighted by atomic mass is 16.5. The van der Waals surface area contributed by atoms with Gasteiger partial charge in [0, 0.05) is 6.07 Å². The lowest BCUT2D eigenvalue weighted by Gasteiger charge is -2.19. The molecule has 0 aromatic heterocycles. The van der Waals surface area contributed by atoms with E-state index in [0.717, 1.165) is 24.2 Å². The van der Waals surface area contributed by atoms with E-state index in [9.17, 15) is 14.4 Å². The van der Waals surface area contributed by atoms with E-state index in [1.54, 1.807) is 18.2 Å². The van der Waals surface area contributed by atoms with Gasteiger partial charge in [-0.3, -0.25) is 19.3 Å². The van der Waals surface area contributed by atoms with Crippen molar-refractivity contribution < 1.29 is 23.9 Å². The zero-order chi connectivity index (χ0) is 18.4. The number of likely N-dealkylation sites (tertiary alicyclic amines) is 1. The van der Waals surface area contributed by atoms with Crippen molar-refractivity contribution in [1.82, 2.24) is 4.90 Å². The van der Waals surface area contributed by atoms with Gasteiger partial charge in [0.05, 0.1) is 31.7 Å². The Morgan fingerprint density at radius 2 is 1.77 bits per heavy atom. The quantitative estimate of drug-likeness (QED) is 0.810. The molecule has 1 aromatic carbocycles. The lowest BCUT2D eigenvalue weighted by molar-refractivity contribution is -0.143. The molecule has 26 heavy (non-hydrogen) atoms. The van der Waals surface area contributed by atoms with E-state index in [1.807, 2.05) is 0 Å². The summed E-state index contributed by atoms with van der Waals surface area (Å²) in [5.74, 6) is 0.473. The predicted octanol–water partition coefficient (Wildman–Crippen LogP) is 1.67. The molecular formula is C19H22N2O5. The largest absolute Gasteiger partial charge is 0.497 e. The Balaban J connectivity index is 1.47. The molecule has 138 valence electrons. The van der Waals surface area contributed by atoms with Crippen LogP contribution in [0.3, 0.4) is 0 Å². The minimum absolute atomic E-state index is 0.181. The Bertz CT molecular complexity index is 749. The highest BCUT2D eigenvalue weighted by molar-refractivity contribution is 6.09. The van der Waals surface area contributed by atoms with E-state index >= 15 is 0 Å². The van der Waals surface area contributed by atoms with Crippen molar-refractivity contribution in [1.29, 1.82) is 0 Å². The minimum Gasteiger partial charge on any atom is -0.497 e. The predicted molar refractivity (Wildman–Crippen MR) is 92.7 cm³/mol. The van der Waals surface area contributed by atoms with E-state index in [0.29, 0.717) is 29.0 Å². The lowest BCUT2D eigenvalue weighted by Crippen LogP contribution is -2.39. The Morgan fingerprint density at radius 3 is 2.35 bits per heavy atom. The molecule has 3 amide bonds. The number of hydrogen-bond acceptors (Lipinski definition) is 5. The van der Waals surface area contributed by atoms with Crippen LogP contribution in [0.25, 0.3) is 0 Å². The van der Waals surface area contributed by atoms with Crippen molar-refractivity contribution >= 4 is 23.4 Å². The average Bonchev–Trinajstić information content (AvgIpc) is 3.31. The van der Waals surface area contributed by atoms with Gasteiger partial charge in [0.2, 0.25) is 17.7 Å². The molecule has 1 aromatic rings. The number of fused-ring (bicyclic) bond motifs is 5. The molecule has 3 fully saturated rings. The fourth-order valence-corrected chi connectivity index (χ4v) is 4.87. The van der Waals surface area contributed by atoms with Crippen LogP contribution in [0, 0.1) is 23.7 Å². The van der Waals surface area contributed by atoms with Crippen LogP contribution >= 0.6 is 0 Å². The third-order valence-corrected chi connectivity index (χ3v) is 6.00. The summed E-state index contributed by atoms with van der Waals surface area (Å²) in [5, 5.41) is 2.72. The molecule has 7 heteroatoms. The van der Waals surface area contributed by atoms with E-state index < -0.39 is 5.91 Å². The van der Waals surface area contributed by atoms with Gasteiger partial charge >= 0.3 is 0 Å². The summed E-state index contributed by atoms with van der Waals surface area (Å²) < 4.78 is 10.4. The molecule has 7 nitrogen and oxygen atoms in total. The standard InChI is InChI=1S/C19H22N2O5/c1-25-12-5-6-14(26-2)13(8-12)20-15(22)9-21-18(23)16-10-3-4-11(7-10)17(16)19(21)24/h5-6,8,10-11,16-17H,3-4,7,9H2,1-2H3,(H,20,22)/t10-,11-,16-,17-/m0/s1. The Kier molecular flexibility index (Phi) is 4.09. The lowest BCUT2D eigenvalue weighted by atomic mass is 9.81. The van der Waals surface area contributed by atoms with E-state index in [2.05, 4.69) is 5.32 Å². The first-order chi connectivity index (χ1) is 12.5. The van der Waals surface area contributed by atoms with Crippen LogP contribution in [0.15, 0.2) is 18.2 Å². The number of hydrogen-bond donors (Lipinski definition) is 1. The van der Waals surface area contributed by atoms with Gasteiger partial charge in [-0.1, -0.05) is 0 Å². The SMILES string of the molecule is COc1ccc(OC)c(NC(=O)CN2C(=O)[C@H]3[C@H]4CC[C@@H](C4)[C@@H]3C2=O)c1. The number of imide groups is 1. The van der Waals surface area contributed by atoms with Crippen LogP contribution in [0.4, 0.5) is 5.69 Å². The van der Waals surface area contributed by atoms with Gasteiger partial charge in [0.1, 0.15) is 18.0 Å². The second-order valence-electron chi connectivity index (χ2n) is 7.26. The smallest absolute Gasteiger partial charge is 0.244 e. The molecule has 1 N–H and O–H groups in total. The molecule has 0 radical (unpaired) electrons. The van der Waals surface area contributed by atoms with Crippen molar-refractivity contribution in [2.24, 2.45) is 23.7 Å². The summed E-state index contributed by atoms with van der Waals surface area (Å²) in [6, 6.07) is 5.04. The second-order valence-corrected chi connectivity index (χ2v) is 7.26. The average molecular weight is 358 g/mol. The van der Waals surface area contributed by atoms with Gasteiger partial charge in [-0.2, -0.15) is 0 Å². The van der Waals surface area contributed by atoms with Crippen molar-refractivity contribution in [3.05, 3.63) is 18.2 Å². The highest BCUT2D eigenvalue weighted by Crippen LogP contribution is 2.56. The summed E-state index contributed by atoms with van der Waals surface area (Å²) in [6.07, 6.45) is 3.02. The zero-order valence-corrected chi connectivity index (χ0v) is 14.9. The topological polar surface area (TPSA) is 84.9 Å². The number of benzene rings is 1. The number of ether oxygens (including phenoxy) is 2. The first-order valence-corrected chi connectivity index (χ1v) is 8.90. The van der Waals surface area contributed by atoms with Crippen LogP contribution in [0.5, 0.6) is 11.5 Å². The monoisotopic (exact) mass is 358 g/mol. The van der Waals surface area contributed by atoms with Gasteiger partial charge in [0.15, 0.2) is 0 Å². The van der Waals surface area contributed by atoms with Crippen LogP contribution in [0.2, 0.25) is 0 Å². The summed E-state index contributed by atoms with van der Waals surface area (Å²) >= 11 is 0. The molecular weight excluding hydrogens is 336 g/mol. The maximum atomic E-state index is 12.7. The molecule has 0 spiro atoms. The third kappa shape index (κ3) is 2.53. The van der Waals surface area contributed by atoms with Gasteiger partial charge in [0.25, 0.3) is 0 Å². The molecule has 0 unspecified atom stereocenters. The summed E-state index contributed by atoms with van der Waals surface area (Å²) in [6.45, 7) is -0.259. The normalized spacial score (nSPS) is 29.1. The van der Waals surface area contributed by atoms with E-state index in [1.165, 1.54) is 14.2 Å². The number of rotatable bonds is 5. The van der Waals surface area contributed by atoms with Crippen LogP contribution < -0.4 is 14.8 Å². The maximum absolute atomic E-state index is 12.7. The molecule has 2 aliphatic carbocycles. The Labute approximate surface area is 151 Å². The number of nitrogens with zero attached hydrogens (tertiary/aromatic N) is 1. The fourth-order valence-electron chi connectivity index (χ4n) is 4.87. The summed E-state index contributed by atoms with van der Waals surface area (Å²) in [4.78, 5) is 39.0. The number of carbonyl (C=O) groups excluding carboxylic acids is 3. The van der Waals surface area contributed by atoms with Crippen molar-refractivity contribution in [3.8, 4) is 11.5 Å². The van der Waals surface area contributed by atoms with Crippen LogP contribution in [0.1, 0.15) is 19.3 Å². The first-order valence-electron chi connectivity index (χ1n) is 8.90. The van der Waals surface area contributed by atoms with Crippen LogP contribution in [-0.4, -0.2) is 43.4 Å². The van der Waals surface area contributed by atoms with Gasteiger partial charge in [-0.05, 0) is 43.2 Å². The third-order valence-electron chi connectivity index (χ3n) is 6.00. The molecule has 1 heterocycles. The zero-order valence-electron chi connectivity index (χ0n) is 14.9. The Hall–Kier alpha value is -2.57. The van der Waals surface area contributed by atoms with Gasteiger partial charge in [-0.15, -0.1) is 0 Å². The molecule has 2 bridgehead atoms. The maximum Gasteiger partial charge on any atom is 0.244 e. The van der Waals surface area contributed by atoms with E-state index in [4.69, 9.17) is 9.47 Å². The molecule has 1 saturated heterocycles. The van der Waals surface area contributed by atoms with Crippen molar-refractivity contribution in [2.75, 3.05) is 26.1 Å². The van der Waals surface area contributed by atoms with Gasteiger partial charge < -0.3 is 14.8 Å². The van der Waals surface area contributed by atoms with Gasteiger partial charge in [-0.25, -0.2) is 0 Å². The number of anilines is 1. The minimum atomic E-state index is -0.425. The second kappa shape index (κ2) is 6.30. The van der Waals surface area contributed by atoms with Crippen molar-refractivity contribution in [3.63, 3.8) is 0 Å². The summed E-state index contributed by atoms with van der Waals surface area (Å²) in [5.41, 5.74) is 0.441. The fraction of sp³-hybridized carbons (Fsp3) is 0.526. The van der Waals surface area contributed by atoms with Crippen molar-refractivity contribution in [2.45, 2.75) is 19.3 Å². The van der Waals surface area contributed by atoms with Crippen LogP contribution in [-0.2, 0) is 14.4 Å². The first kappa shape index (κ1) is 16.9. The number of nitrogens with one attached hydrogen (secondary N) is 1. The number of methoxy groups -OCH3 is 2. The molecule has 1 aliphatic heterocycles. The molecule has 2 saturated carbocycles. The summed E-state index contributed by atoms with van der Waals surface area (Å²) in [7, 11) is 3.03. The number of carbonyl (C=O) groups is 3. The molecule has 4 rings (SSSR count). The highest BCUT2D eigenvalue weighted by Gasteiger charge is 2.60. The molecule has 3 aliphatic rings.